The average Bonchev–Trinajstić information content (AvgIpc) is 2.89. The lowest BCUT2D eigenvalue weighted by molar-refractivity contribution is 0.0696. The van der Waals surface area contributed by atoms with Gasteiger partial charge in [-0.3, -0.25) is 0 Å². The van der Waals surface area contributed by atoms with E-state index in [9.17, 15) is 9.90 Å². The molecule has 0 amide bonds. The Morgan fingerprint density at radius 1 is 1.53 bits per heavy atom. The second-order valence-corrected chi connectivity index (χ2v) is 5.12. The second-order valence-electron chi connectivity index (χ2n) is 5.12. The number of aromatic carboxylic acids is 1. The maximum atomic E-state index is 11.3. The maximum absolute atomic E-state index is 11.3. The van der Waals surface area contributed by atoms with Gasteiger partial charge in [-0.2, -0.15) is 0 Å². The van der Waals surface area contributed by atoms with Crippen molar-refractivity contribution in [2.45, 2.75) is 32.2 Å². The largest absolute Gasteiger partial charge is 0.478 e. The van der Waals surface area contributed by atoms with E-state index in [0.717, 1.165) is 18.0 Å². The van der Waals surface area contributed by atoms with Crippen molar-refractivity contribution in [3.8, 4) is 0 Å². The molecular formula is C13H16N2O2. The van der Waals surface area contributed by atoms with Crippen LogP contribution in [0.2, 0.25) is 0 Å². The molecule has 1 aromatic heterocycles. The molecule has 0 spiro atoms. The van der Waals surface area contributed by atoms with E-state index in [1.165, 1.54) is 19.3 Å². The normalized spacial score (nSPS) is 26.5. The van der Waals surface area contributed by atoms with Gasteiger partial charge in [0.05, 0.1) is 0 Å². The number of carboxylic acid groups (broad SMARTS) is 1. The summed E-state index contributed by atoms with van der Waals surface area (Å²) < 4.78 is 0. The molecule has 1 saturated carbocycles. The van der Waals surface area contributed by atoms with Crippen LogP contribution in [0.25, 0.3) is 0 Å². The maximum Gasteiger partial charge on any atom is 0.339 e. The van der Waals surface area contributed by atoms with E-state index in [1.54, 1.807) is 12.3 Å². The van der Waals surface area contributed by atoms with Gasteiger partial charge in [-0.15, -0.1) is 0 Å². The van der Waals surface area contributed by atoms with Crippen molar-refractivity contribution in [1.82, 2.24) is 4.98 Å². The van der Waals surface area contributed by atoms with Crippen molar-refractivity contribution in [3.63, 3.8) is 0 Å². The lowest BCUT2D eigenvalue weighted by atomic mass is 10.1. The molecule has 0 radical (unpaired) electrons. The molecule has 4 heteroatoms. The highest BCUT2D eigenvalue weighted by molar-refractivity contribution is 5.95. The summed E-state index contributed by atoms with van der Waals surface area (Å²) in [6.07, 6.45) is 5.38. The van der Waals surface area contributed by atoms with Crippen LogP contribution in [0.5, 0.6) is 0 Å². The topological polar surface area (TPSA) is 53.4 Å². The second kappa shape index (κ2) is 3.72. The Labute approximate surface area is 100 Å². The van der Waals surface area contributed by atoms with E-state index in [1.807, 2.05) is 6.92 Å². The van der Waals surface area contributed by atoms with E-state index >= 15 is 0 Å². The van der Waals surface area contributed by atoms with Crippen LogP contribution in [0.15, 0.2) is 12.3 Å². The minimum absolute atomic E-state index is 0.375. The summed E-state index contributed by atoms with van der Waals surface area (Å²) in [4.78, 5) is 17.8. The predicted octanol–water partition coefficient (Wildman–Crippen LogP) is 2.08. The lowest BCUT2D eigenvalue weighted by Crippen LogP contribution is -2.34. The van der Waals surface area contributed by atoms with E-state index < -0.39 is 5.97 Å². The number of aromatic nitrogens is 1. The van der Waals surface area contributed by atoms with Gasteiger partial charge in [-0.05, 0) is 43.7 Å². The minimum Gasteiger partial charge on any atom is -0.478 e. The molecule has 0 aromatic carbocycles. The Bertz CT molecular complexity index is 472. The van der Waals surface area contributed by atoms with Crippen molar-refractivity contribution < 1.29 is 9.90 Å². The molecule has 1 N–H and O–H groups in total. The quantitative estimate of drug-likeness (QED) is 0.848. The van der Waals surface area contributed by atoms with Crippen LogP contribution in [-0.4, -0.2) is 28.6 Å². The van der Waals surface area contributed by atoms with Crippen LogP contribution in [0, 0.1) is 12.8 Å². The number of hydrogen-bond acceptors (Lipinski definition) is 3. The first-order valence-corrected chi connectivity index (χ1v) is 6.12. The fourth-order valence-electron chi connectivity index (χ4n) is 3.21. The van der Waals surface area contributed by atoms with E-state index in [2.05, 4.69) is 9.88 Å². The third-order valence-electron chi connectivity index (χ3n) is 4.03. The fraction of sp³-hybridized carbons (Fsp3) is 0.538. The molecule has 2 aliphatic rings. The summed E-state index contributed by atoms with van der Waals surface area (Å²) in [6.45, 7) is 2.81. The number of anilines is 1. The van der Waals surface area contributed by atoms with Gasteiger partial charge in [0.15, 0.2) is 0 Å². The van der Waals surface area contributed by atoms with Gasteiger partial charge in [-0.25, -0.2) is 9.78 Å². The predicted molar refractivity (Wildman–Crippen MR) is 64.4 cm³/mol. The van der Waals surface area contributed by atoms with Crippen LogP contribution in [0.4, 0.5) is 5.82 Å². The van der Waals surface area contributed by atoms with E-state index in [0.29, 0.717) is 17.4 Å². The molecule has 1 saturated heterocycles. The zero-order valence-corrected chi connectivity index (χ0v) is 9.89. The van der Waals surface area contributed by atoms with Gasteiger partial charge in [0.1, 0.15) is 11.4 Å². The van der Waals surface area contributed by atoms with Crippen LogP contribution >= 0.6 is 0 Å². The highest BCUT2D eigenvalue weighted by atomic mass is 16.4. The van der Waals surface area contributed by atoms with Gasteiger partial charge >= 0.3 is 5.97 Å². The summed E-state index contributed by atoms with van der Waals surface area (Å²) in [6, 6.07) is 2.27. The molecule has 2 heterocycles. The molecular weight excluding hydrogens is 216 g/mol. The average molecular weight is 232 g/mol. The Morgan fingerprint density at radius 2 is 2.35 bits per heavy atom. The first kappa shape index (κ1) is 10.6. The molecule has 90 valence electrons. The molecule has 1 aromatic rings. The van der Waals surface area contributed by atoms with Gasteiger partial charge in [-0.1, -0.05) is 0 Å². The Balaban J connectivity index is 2.03. The Morgan fingerprint density at radius 3 is 2.94 bits per heavy atom. The third-order valence-corrected chi connectivity index (χ3v) is 4.03. The van der Waals surface area contributed by atoms with E-state index in [4.69, 9.17) is 0 Å². The number of hydrogen-bond donors (Lipinski definition) is 1. The van der Waals surface area contributed by atoms with Crippen LogP contribution in [-0.2, 0) is 0 Å². The summed E-state index contributed by atoms with van der Waals surface area (Å²) in [7, 11) is 0. The standard InChI is InChI=1S/C13H16N2O2/c1-8-4-5-14-12(11(8)13(16)17)15-7-9-2-3-10(15)6-9/h4-5,9-10H,2-3,6-7H2,1H3,(H,16,17). The highest BCUT2D eigenvalue weighted by Gasteiger charge is 2.39. The van der Waals surface area contributed by atoms with Crippen molar-refractivity contribution >= 4 is 11.8 Å². The number of aryl methyl sites for hydroxylation is 1. The lowest BCUT2D eigenvalue weighted by Gasteiger charge is -2.29. The molecule has 4 nitrogen and oxygen atoms in total. The highest BCUT2D eigenvalue weighted by Crippen LogP contribution is 2.40. The Kier molecular flexibility index (Phi) is 2.31. The zero-order chi connectivity index (χ0) is 12.0. The Hall–Kier alpha value is -1.58. The van der Waals surface area contributed by atoms with Crippen molar-refractivity contribution in [3.05, 3.63) is 23.4 Å². The van der Waals surface area contributed by atoms with E-state index in [-0.39, 0.29) is 0 Å². The molecule has 2 fully saturated rings. The van der Waals surface area contributed by atoms with Crippen molar-refractivity contribution in [2.24, 2.45) is 5.92 Å². The molecule has 3 rings (SSSR count). The smallest absolute Gasteiger partial charge is 0.339 e. The number of carboxylic acids is 1. The van der Waals surface area contributed by atoms with Gasteiger partial charge < -0.3 is 10.0 Å². The number of carbonyl (C=O) groups is 1. The molecule has 1 aliphatic carbocycles. The first-order valence-electron chi connectivity index (χ1n) is 6.12. The van der Waals surface area contributed by atoms with Crippen LogP contribution < -0.4 is 4.90 Å². The van der Waals surface area contributed by atoms with Gasteiger partial charge in [0.25, 0.3) is 0 Å². The minimum atomic E-state index is -0.867. The van der Waals surface area contributed by atoms with Crippen LogP contribution in [0.3, 0.4) is 0 Å². The number of nitrogens with zero attached hydrogens (tertiary/aromatic N) is 2. The number of fused-ring (bicyclic) bond motifs is 2. The molecule has 2 unspecified atom stereocenters. The monoisotopic (exact) mass is 232 g/mol. The van der Waals surface area contributed by atoms with Crippen molar-refractivity contribution in [2.75, 3.05) is 11.4 Å². The van der Waals surface area contributed by atoms with Gasteiger partial charge in [0, 0.05) is 18.8 Å². The third kappa shape index (κ3) is 1.59. The summed E-state index contributed by atoms with van der Waals surface area (Å²) in [5, 5.41) is 9.31. The summed E-state index contributed by atoms with van der Waals surface area (Å²) in [5.74, 6) is 0.544. The molecule has 2 atom stereocenters. The fourth-order valence-corrected chi connectivity index (χ4v) is 3.21. The zero-order valence-electron chi connectivity index (χ0n) is 9.89. The number of piperidine rings is 1. The van der Waals surface area contributed by atoms with Crippen LogP contribution in [0.1, 0.15) is 35.2 Å². The first-order chi connectivity index (χ1) is 8.16. The summed E-state index contributed by atoms with van der Waals surface area (Å²) >= 11 is 0. The molecule has 2 bridgehead atoms. The van der Waals surface area contributed by atoms with Gasteiger partial charge in [0.2, 0.25) is 0 Å². The van der Waals surface area contributed by atoms with Crippen molar-refractivity contribution in [1.29, 1.82) is 0 Å². The molecule has 17 heavy (non-hydrogen) atoms. The summed E-state index contributed by atoms with van der Waals surface area (Å²) in [5.41, 5.74) is 1.17. The SMILES string of the molecule is Cc1ccnc(N2CC3CCC2C3)c1C(=O)O. The number of rotatable bonds is 2. The molecule has 1 aliphatic heterocycles. The number of pyridine rings is 1.